The van der Waals surface area contributed by atoms with Crippen molar-refractivity contribution in [3.05, 3.63) is 90.0 Å². The largest absolute Gasteiger partial charge is 0.467 e. The van der Waals surface area contributed by atoms with Gasteiger partial charge in [-0.3, -0.25) is 0 Å². The molecule has 1 amide bonds. The molecule has 3 aromatic rings. The summed E-state index contributed by atoms with van der Waals surface area (Å²) < 4.78 is 12.0. The van der Waals surface area contributed by atoms with E-state index in [1.807, 2.05) is 65.2 Å². The highest BCUT2D eigenvalue weighted by atomic mass is 16.6. The molecule has 1 N–H and O–H groups in total. The smallest absolute Gasteiger partial charge is 0.408 e. The topological polar surface area (TPSA) is 82.5 Å². The first-order chi connectivity index (χ1) is 14.2. The van der Waals surface area contributed by atoms with Gasteiger partial charge >= 0.3 is 12.1 Å². The number of amides is 1. The molecule has 0 radical (unpaired) electrons. The van der Waals surface area contributed by atoms with Crippen LogP contribution in [0.3, 0.4) is 0 Å². The molecule has 1 heterocycles. The molecule has 29 heavy (non-hydrogen) atoms. The number of nitrogens with zero attached hydrogens (tertiary/aromatic N) is 2. The number of hydrogen-bond donors (Lipinski definition) is 1. The fraction of sp³-hybridized carbons (Fsp3) is 0.227. The Morgan fingerprint density at radius 3 is 2.34 bits per heavy atom. The third-order valence-corrected chi connectivity index (χ3v) is 4.40. The molecule has 0 saturated carbocycles. The zero-order chi connectivity index (χ0) is 20.5. The monoisotopic (exact) mass is 393 g/mol. The van der Waals surface area contributed by atoms with Crippen LogP contribution in [-0.4, -0.2) is 34.8 Å². The van der Waals surface area contributed by atoms with Crippen LogP contribution < -0.4 is 5.32 Å². The summed E-state index contributed by atoms with van der Waals surface area (Å²) in [6.07, 6.45) is 2.93. The second-order valence-corrected chi connectivity index (χ2v) is 6.48. The molecule has 2 aromatic carbocycles. The van der Waals surface area contributed by atoms with Gasteiger partial charge in [0.1, 0.15) is 12.6 Å². The number of nitrogens with one attached hydrogen (secondary N) is 1. The minimum absolute atomic E-state index is 0.118. The van der Waals surface area contributed by atoms with Crippen LogP contribution in [0.1, 0.15) is 16.8 Å². The predicted molar refractivity (Wildman–Crippen MR) is 107 cm³/mol. The number of carbonyl (C=O) groups is 2. The predicted octanol–water partition coefficient (Wildman–Crippen LogP) is 2.94. The number of alkyl carbamates (subject to hydrolysis) is 1. The summed E-state index contributed by atoms with van der Waals surface area (Å²) in [6, 6.07) is 18.4. The van der Waals surface area contributed by atoms with E-state index in [0.29, 0.717) is 6.54 Å². The number of ether oxygens (including phenoxy) is 2. The number of imidazole rings is 1. The Morgan fingerprint density at radius 1 is 1.03 bits per heavy atom. The number of rotatable bonds is 8. The maximum atomic E-state index is 12.2. The van der Waals surface area contributed by atoms with Crippen molar-refractivity contribution in [3.63, 3.8) is 0 Å². The molecule has 0 spiro atoms. The summed E-state index contributed by atoms with van der Waals surface area (Å²) in [5.41, 5.74) is 2.77. The Kier molecular flexibility index (Phi) is 7.00. The van der Waals surface area contributed by atoms with Crippen molar-refractivity contribution in [1.82, 2.24) is 14.9 Å². The molecule has 0 bridgehead atoms. The molecule has 7 heteroatoms. The van der Waals surface area contributed by atoms with Gasteiger partial charge in [-0.1, -0.05) is 60.7 Å². The van der Waals surface area contributed by atoms with Gasteiger partial charge in [0.2, 0.25) is 0 Å². The quantitative estimate of drug-likeness (QED) is 0.595. The second kappa shape index (κ2) is 10.1. The Hall–Kier alpha value is -3.61. The van der Waals surface area contributed by atoms with E-state index in [0.717, 1.165) is 16.8 Å². The standard InChI is InChI=1S/C22H23N3O4/c1-28-21(26)20(24-22(27)29-15-18-10-6-3-7-11-18)12-19-13-23-16-25(19)14-17-8-4-2-5-9-17/h2-11,13,16,20H,12,14-15H2,1H3,(H,24,27). The van der Waals surface area contributed by atoms with Crippen LogP contribution in [0, 0.1) is 0 Å². The zero-order valence-corrected chi connectivity index (χ0v) is 16.2. The molecule has 1 unspecified atom stereocenters. The van der Waals surface area contributed by atoms with E-state index in [1.165, 1.54) is 7.11 Å². The van der Waals surface area contributed by atoms with Crippen LogP contribution in [0.4, 0.5) is 4.79 Å². The van der Waals surface area contributed by atoms with Crippen molar-refractivity contribution >= 4 is 12.1 Å². The summed E-state index contributed by atoms with van der Waals surface area (Å²) in [6.45, 7) is 0.731. The van der Waals surface area contributed by atoms with Crippen molar-refractivity contribution < 1.29 is 19.1 Å². The average Bonchev–Trinajstić information content (AvgIpc) is 3.19. The molecule has 1 atom stereocenters. The Morgan fingerprint density at radius 2 is 1.69 bits per heavy atom. The number of methoxy groups -OCH3 is 1. The van der Waals surface area contributed by atoms with Crippen LogP contribution in [0.25, 0.3) is 0 Å². The maximum Gasteiger partial charge on any atom is 0.408 e. The highest BCUT2D eigenvalue weighted by Gasteiger charge is 2.24. The lowest BCUT2D eigenvalue weighted by molar-refractivity contribution is -0.143. The lowest BCUT2D eigenvalue weighted by Crippen LogP contribution is -2.43. The van der Waals surface area contributed by atoms with Gasteiger partial charge in [0, 0.05) is 24.9 Å². The van der Waals surface area contributed by atoms with Crippen LogP contribution in [-0.2, 0) is 33.8 Å². The number of carbonyl (C=O) groups excluding carboxylic acids is 2. The summed E-state index contributed by atoms with van der Waals surface area (Å²) in [4.78, 5) is 28.6. The maximum absolute atomic E-state index is 12.2. The first-order valence-corrected chi connectivity index (χ1v) is 9.23. The molecule has 3 rings (SSSR count). The summed E-state index contributed by atoms with van der Waals surface area (Å²) in [5, 5.41) is 2.59. The average molecular weight is 393 g/mol. The van der Waals surface area contributed by atoms with Gasteiger partial charge in [-0.2, -0.15) is 0 Å². The number of esters is 1. The molecule has 0 fully saturated rings. The van der Waals surface area contributed by atoms with Crippen molar-refractivity contribution in [3.8, 4) is 0 Å². The number of hydrogen-bond acceptors (Lipinski definition) is 5. The van der Waals surface area contributed by atoms with Gasteiger partial charge in [-0.05, 0) is 11.1 Å². The highest BCUT2D eigenvalue weighted by Crippen LogP contribution is 2.10. The van der Waals surface area contributed by atoms with Crippen molar-refractivity contribution in [2.75, 3.05) is 7.11 Å². The molecular formula is C22H23N3O4. The van der Waals surface area contributed by atoms with Crippen LogP contribution in [0.15, 0.2) is 73.2 Å². The second-order valence-electron chi connectivity index (χ2n) is 6.48. The van der Waals surface area contributed by atoms with E-state index in [2.05, 4.69) is 10.3 Å². The molecule has 150 valence electrons. The normalized spacial score (nSPS) is 11.5. The molecule has 1 aromatic heterocycles. The van der Waals surface area contributed by atoms with E-state index in [9.17, 15) is 9.59 Å². The van der Waals surface area contributed by atoms with Crippen molar-refractivity contribution in [1.29, 1.82) is 0 Å². The first kappa shape index (κ1) is 20.1. The number of benzene rings is 2. The van der Waals surface area contributed by atoms with Gasteiger partial charge in [-0.25, -0.2) is 14.6 Å². The number of aromatic nitrogens is 2. The highest BCUT2D eigenvalue weighted by molar-refractivity contribution is 5.81. The first-order valence-electron chi connectivity index (χ1n) is 9.23. The molecule has 0 aliphatic carbocycles. The van der Waals surface area contributed by atoms with E-state index in [-0.39, 0.29) is 13.0 Å². The fourth-order valence-electron chi connectivity index (χ4n) is 2.89. The van der Waals surface area contributed by atoms with E-state index in [1.54, 1.807) is 12.5 Å². The minimum Gasteiger partial charge on any atom is -0.467 e. The Balaban J connectivity index is 1.63. The summed E-state index contributed by atoms with van der Waals surface area (Å²) >= 11 is 0. The van der Waals surface area contributed by atoms with Gasteiger partial charge in [0.15, 0.2) is 0 Å². The third kappa shape index (κ3) is 5.93. The van der Waals surface area contributed by atoms with E-state index < -0.39 is 18.1 Å². The lowest BCUT2D eigenvalue weighted by atomic mass is 10.1. The van der Waals surface area contributed by atoms with E-state index >= 15 is 0 Å². The van der Waals surface area contributed by atoms with Crippen molar-refractivity contribution in [2.24, 2.45) is 0 Å². The van der Waals surface area contributed by atoms with Crippen molar-refractivity contribution in [2.45, 2.75) is 25.6 Å². The van der Waals surface area contributed by atoms with Crippen LogP contribution >= 0.6 is 0 Å². The molecule has 0 aliphatic rings. The van der Waals surface area contributed by atoms with Gasteiger partial charge < -0.3 is 19.4 Å². The molecule has 0 aliphatic heterocycles. The van der Waals surface area contributed by atoms with Crippen LogP contribution in [0.5, 0.6) is 0 Å². The van der Waals surface area contributed by atoms with Gasteiger partial charge in [0.05, 0.1) is 13.4 Å². The fourth-order valence-corrected chi connectivity index (χ4v) is 2.89. The summed E-state index contributed by atoms with van der Waals surface area (Å²) in [5.74, 6) is -0.547. The van der Waals surface area contributed by atoms with Gasteiger partial charge in [0.25, 0.3) is 0 Å². The summed E-state index contributed by atoms with van der Waals surface area (Å²) in [7, 11) is 1.29. The van der Waals surface area contributed by atoms with E-state index in [4.69, 9.17) is 9.47 Å². The SMILES string of the molecule is COC(=O)C(Cc1cncn1Cc1ccccc1)NC(=O)OCc1ccccc1. The minimum atomic E-state index is -0.880. The Labute approximate surface area is 169 Å². The molecular weight excluding hydrogens is 370 g/mol. The third-order valence-electron chi connectivity index (χ3n) is 4.40. The zero-order valence-electron chi connectivity index (χ0n) is 16.2. The Bertz CT molecular complexity index is 926. The lowest BCUT2D eigenvalue weighted by Gasteiger charge is -2.17. The molecule has 7 nitrogen and oxygen atoms in total. The van der Waals surface area contributed by atoms with Crippen LogP contribution in [0.2, 0.25) is 0 Å². The van der Waals surface area contributed by atoms with Gasteiger partial charge in [-0.15, -0.1) is 0 Å². The molecule has 0 saturated heterocycles.